The van der Waals surface area contributed by atoms with Crippen LogP contribution < -0.4 is 16.0 Å². The van der Waals surface area contributed by atoms with Crippen molar-refractivity contribution in [2.45, 2.75) is 0 Å². The lowest BCUT2D eigenvalue weighted by Gasteiger charge is -2.13. The summed E-state index contributed by atoms with van der Waals surface area (Å²) in [5.41, 5.74) is 5.09. The van der Waals surface area contributed by atoms with E-state index in [1.165, 1.54) is 12.1 Å². The molecule has 0 radical (unpaired) electrons. The van der Waals surface area contributed by atoms with E-state index in [2.05, 4.69) is 36.8 Å². The summed E-state index contributed by atoms with van der Waals surface area (Å²) in [5.74, 6) is -1.08. The topological polar surface area (TPSA) is 153 Å². The van der Waals surface area contributed by atoms with Crippen LogP contribution in [0, 0.1) is 22.7 Å². The predicted molar refractivity (Wildman–Crippen MR) is 94.9 cm³/mol. The Morgan fingerprint density at radius 1 is 1.24 bits per heavy atom. The second-order valence-electron chi connectivity index (χ2n) is 4.67. The maximum Gasteiger partial charge on any atom is 0.341 e. The summed E-state index contributed by atoms with van der Waals surface area (Å²) < 4.78 is 5.90. The fourth-order valence-electron chi connectivity index (χ4n) is 2.11. The number of anilines is 1. The number of carboxylic acids is 1. The highest BCUT2D eigenvalue weighted by molar-refractivity contribution is 9.11. The Bertz CT molecular complexity index is 995. The van der Waals surface area contributed by atoms with E-state index in [0.717, 1.165) is 0 Å². The van der Waals surface area contributed by atoms with E-state index in [4.69, 9.17) is 15.6 Å². The summed E-state index contributed by atoms with van der Waals surface area (Å²) in [6, 6.07) is 6.64. The van der Waals surface area contributed by atoms with Crippen LogP contribution in [0.4, 0.5) is 5.82 Å². The molecule has 0 unspecified atom stereocenters. The van der Waals surface area contributed by atoms with Crippen LogP contribution in [0.2, 0.25) is 0 Å². The molecule has 0 saturated heterocycles. The predicted octanol–water partition coefficient (Wildman–Crippen LogP) is 2.36. The monoisotopic (exact) mass is 466 g/mol. The van der Waals surface area contributed by atoms with Crippen molar-refractivity contribution in [3.05, 3.63) is 42.6 Å². The normalized spacial score (nSPS) is 9.92. The van der Waals surface area contributed by atoms with Crippen LogP contribution in [0.3, 0.4) is 0 Å². The third kappa shape index (κ3) is 3.65. The Balaban J connectivity index is 2.73. The van der Waals surface area contributed by atoms with Crippen molar-refractivity contribution in [3.63, 3.8) is 0 Å². The number of H-pyrrole nitrogens is 1. The maximum absolute atomic E-state index is 12.0. The molecule has 1 aromatic carbocycles. The van der Waals surface area contributed by atoms with E-state index in [-0.39, 0.29) is 28.3 Å². The number of ether oxygens (including phenoxy) is 1. The van der Waals surface area contributed by atoms with Gasteiger partial charge in [-0.2, -0.15) is 10.5 Å². The third-order valence-electron chi connectivity index (χ3n) is 3.10. The largest absolute Gasteiger partial charge is 0.480 e. The lowest BCUT2D eigenvalue weighted by molar-refractivity contribution is -0.139. The van der Waals surface area contributed by atoms with Crippen LogP contribution in [-0.2, 0) is 4.79 Å². The number of nitrogens with two attached hydrogens (primary N) is 1. The highest BCUT2D eigenvalue weighted by Gasteiger charge is 2.20. The molecule has 0 bridgehead atoms. The summed E-state index contributed by atoms with van der Waals surface area (Å²) in [6.07, 6.45) is 0. The molecule has 0 amide bonds. The smallest absolute Gasteiger partial charge is 0.341 e. The van der Waals surface area contributed by atoms with Crippen LogP contribution in [0.5, 0.6) is 5.75 Å². The van der Waals surface area contributed by atoms with Gasteiger partial charge < -0.3 is 20.6 Å². The molecule has 0 aliphatic carbocycles. The number of benzene rings is 1. The van der Waals surface area contributed by atoms with Gasteiger partial charge >= 0.3 is 5.97 Å². The van der Waals surface area contributed by atoms with Gasteiger partial charge in [0.05, 0.1) is 8.95 Å². The van der Waals surface area contributed by atoms with Crippen LogP contribution in [0.15, 0.2) is 25.9 Å². The number of aliphatic carboxylic acids is 1. The number of halogens is 2. The van der Waals surface area contributed by atoms with Crippen molar-refractivity contribution in [2.75, 3.05) is 12.3 Å². The molecule has 0 saturated carbocycles. The number of pyridine rings is 1. The van der Waals surface area contributed by atoms with Gasteiger partial charge in [0.25, 0.3) is 5.56 Å². The SMILES string of the molecule is N#Cc1c(N)[nH]c(=O)c(C#N)c1-c1cc(Br)c(OCC(=O)O)c(Br)c1. The van der Waals surface area contributed by atoms with Crippen molar-refractivity contribution in [1.29, 1.82) is 10.5 Å². The lowest BCUT2D eigenvalue weighted by Crippen LogP contribution is -2.16. The zero-order chi connectivity index (χ0) is 18.7. The molecule has 0 spiro atoms. The van der Waals surface area contributed by atoms with Gasteiger partial charge in [0, 0.05) is 5.56 Å². The number of nitrogens with zero attached hydrogens (tertiary/aromatic N) is 2. The van der Waals surface area contributed by atoms with E-state index >= 15 is 0 Å². The van der Waals surface area contributed by atoms with E-state index in [9.17, 15) is 20.1 Å². The second-order valence-corrected chi connectivity index (χ2v) is 6.38. The Kier molecular flexibility index (Phi) is 5.47. The highest BCUT2D eigenvalue weighted by atomic mass is 79.9. The number of aromatic nitrogens is 1. The number of nitrogen functional groups attached to an aromatic ring is 1. The second kappa shape index (κ2) is 7.38. The van der Waals surface area contributed by atoms with Crippen LogP contribution in [0.25, 0.3) is 11.1 Å². The quantitative estimate of drug-likeness (QED) is 0.623. The van der Waals surface area contributed by atoms with Crippen LogP contribution in [-0.4, -0.2) is 22.7 Å². The zero-order valence-corrected chi connectivity index (χ0v) is 15.4. The molecule has 0 aliphatic heterocycles. The molecule has 2 aromatic rings. The Morgan fingerprint density at radius 2 is 1.80 bits per heavy atom. The Hall–Kier alpha value is -2.82. The van der Waals surface area contributed by atoms with Gasteiger partial charge in [-0.25, -0.2) is 4.79 Å². The van der Waals surface area contributed by atoms with Crippen molar-refractivity contribution in [1.82, 2.24) is 4.98 Å². The summed E-state index contributed by atoms with van der Waals surface area (Å²) in [5, 5.41) is 27.3. The molecule has 126 valence electrons. The van der Waals surface area contributed by atoms with E-state index in [1.54, 1.807) is 6.07 Å². The molecule has 25 heavy (non-hydrogen) atoms. The number of rotatable bonds is 4. The van der Waals surface area contributed by atoms with Gasteiger partial charge in [-0.3, -0.25) is 4.79 Å². The maximum atomic E-state index is 12.0. The van der Waals surface area contributed by atoms with E-state index in [0.29, 0.717) is 14.5 Å². The van der Waals surface area contributed by atoms with Crippen molar-refractivity contribution < 1.29 is 14.6 Å². The van der Waals surface area contributed by atoms with Crippen molar-refractivity contribution in [2.24, 2.45) is 0 Å². The first-order chi connectivity index (χ1) is 11.8. The number of hydrogen-bond acceptors (Lipinski definition) is 6. The molecule has 0 fully saturated rings. The molecule has 4 N–H and O–H groups in total. The molecule has 2 rings (SSSR count). The first kappa shape index (κ1) is 18.5. The molecule has 0 aliphatic rings. The summed E-state index contributed by atoms with van der Waals surface area (Å²) in [4.78, 5) is 24.9. The Labute approximate surface area is 157 Å². The summed E-state index contributed by atoms with van der Waals surface area (Å²) in [7, 11) is 0. The molecule has 0 atom stereocenters. The molecular formula is C15H8Br2N4O4. The molecule has 8 nitrogen and oxygen atoms in total. The first-order valence-electron chi connectivity index (χ1n) is 6.50. The van der Waals surface area contributed by atoms with Gasteiger partial charge in [0.1, 0.15) is 34.8 Å². The average Bonchev–Trinajstić information content (AvgIpc) is 2.53. The minimum Gasteiger partial charge on any atom is -0.480 e. The van der Waals surface area contributed by atoms with Crippen LogP contribution in [0.1, 0.15) is 11.1 Å². The fourth-order valence-corrected chi connectivity index (χ4v) is 3.52. The third-order valence-corrected chi connectivity index (χ3v) is 4.27. The summed E-state index contributed by atoms with van der Waals surface area (Å²) >= 11 is 6.49. The van der Waals surface area contributed by atoms with Gasteiger partial charge in [0.2, 0.25) is 0 Å². The lowest BCUT2D eigenvalue weighted by atomic mass is 9.96. The number of hydrogen-bond donors (Lipinski definition) is 3. The van der Waals surface area contributed by atoms with E-state index < -0.39 is 18.1 Å². The molecule has 1 heterocycles. The number of carboxylic acid groups (broad SMARTS) is 1. The van der Waals surface area contributed by atoms with Gasteiger partial charge in [-0.05, 0) is 49.6 Å². The van der Waals surface area contributed by atoms with E-state index in [1.807, 2.05) is 6.07 Å². The number of nitrogens with one attached hydrogen (secondary N) is 1. The first-order valence-corrected chi connectivity index (χ1v) is 8.08. The number of aromatic amines is 1. The fraction of sp³-hybridized carbons (Fsp3) is 0.0667. The van der Waals surface area contributed by atoms with Crippen molar-refractivity contribution in [3.8, 4) is 29.0 Å². The number of carbonyl (C=O) groups is 1. The highest BCUT2D eigenvalue weighted by Crippen LogP contribution is 2.39. The summed E-state index contributed by atoms with van der Waals surface area (Å²) in [6.45, 7) is -0.554. The molecule has 1 aromatic heterocycles. The minimum absolute atomic E-state index is 0.0471. The van der Waals surface area contributed by atoms with Crippen LogP contribution >= 0.6 is 31.9 Å². The molecule has 10 heteroatoms. The van der Waals surface area contributed by atoms with Gasteiger partial charge in [-0.15, -0.1) is 0 Å². The standard InChI is InChI=1S/C15H8Br2N4O4/c16-9-1-6(2-10(17)13(9)25-5-11(22)23)12-7(3-18)14(20)21-15(24)8(12)4-19/h1-2H,5H2,(H,22,23)(H3,20,21,24). The Morgan fingerprint density at radius 3 is 2.28 bits per heavy atom. The van der Waals surface area contributed by atoms with Crippen molar-refractivity contribution >= 4 is 43.6 Å². The molecular weight excluding hydrogens is 460 g/mol. The average molecular weight is 468 g/mol. The van der Waals surface area contributed by atoms with Gasteiger partial charge in [-0.1, -0.05) is 0 Å². The zero-order valence-electron chi connectivity index (χ0n) is 12.3. The minimum atomic E-state index is -1.15. The number of nitriles is 2. The van der Waals surface area contributed by atoms with Gasteiger partial charge in [0.15, 0.2) is 6.61 Å².